The van der Waals surface area contributed by atoms with E-state index in [1.807, 2.05) is 31.2 Å². The van der Waals surface area contributed by atoms with Crippen LogP contribution in [-0.2, 0) is 11.3 Å². The fourth-order valence-electron chi connectivity index (χ4n) is 2.76. The molecule has 27 heavy (non-hydrogen) atoms. The summed E-state index contributed by atoms with van der Waals surface area (Å²) >= 11 is 6.38. The van der Waals surface area contributed by atoms with Crippen LogP contribution < -0.4 is 4.74 Å². The highest BCUT2D eigenvalue weighted by molar-refractivity contribution is 6.30. The van der Waals surface area contributed by atoms with Crippen molar-refractivity contribution in [2.24, 2.45) is 0 Å². The van der Waals surface area contributed by atoms with E-state index in [2.05, 4.69) is 4.98 Å². The zero-order valence-corrected chi connectivity index (χ0v) is 16.0. The maximum atomic E-state index is 12.7. The normalized spacial score (nSPS) is 10.9. The van der Waals surface area contributed by atoms with Crippen LogP contribution in [0, 0.1) is 0 Å². The zero-order chi connectivity index (χ0) is 19.2. The minimum absolute atomic E-state index is 0.226. The Bertz CT molecular complexity index is 912. The molecule has 0 saturated carbocycles. The molecule has 0 aliphatic heterocycles. The van der Waals surface area contributed by atoms with E-state index in [1.165, 1.54) is 6.26 Å². The van der Waals surface area contributed by atoms with Crippen LogP contribution in [0.25, 0.3) is 10.9 Å². The van der Waals surface area contributed by atoms with Crippen molar-refractivity contribution >= 4 is 28.4 Å². The van der Waals surface area contributed by atoms with Gasteiger partial charge in [-0.3, -0.25) is 4.79 Å². The van der Waals surface area contributed by atoms with Crippen LogP contribution in [0.4, 0.5) is 0 Å². The minimum atomic E-state index is -0.226. The summed E-state index contributed by atoms with van der Waals surface area (Å²) < 4.78 is 15.9. The summed E-state index contributed by atoms with van der Waals surface area (Å²) in [6, 6.07) is 10.9. The minimum Gasteiger partial charge on any atom is -0.494 e. The van der Waals surface area contributed by atoms with Gasteiger partial charge in [-0.15, -0.1) is 0 Å². The lowest BCUT2D eigenvalue weighted by Gasteiger charge is -2.22. The van der Waals surface area contributed by atoms with Gasteiger partial charge in [-0.1, -0.05) is 11.6 Å². The number of ether oxygens (including phenoxy) is 2. The van der Waals surface area contributed by atoms with Gasteiger partial charge >= 0.3 is 0 Å². The van der Waals surface area contributed by atoms with Crippen LogP contribution >= 0.6 is 11.6 Å². The monoisotopic (exact) mass is 388 g/mol. The van der Waals surface area contributed by atoms with Crippen molar-refractivity contribution in [3.63, 3.8) is 0 Å². The quantitative estimate of drug-likeness (QED) is 0.542. The van der Waals surface area contributed by atoms with Gasteiger partial charge in [0.15, 0.2) is 5.76 Å². The molecule has 0 atom stereocenters. The van der Waals surface area contributed by atoms with Crippen molar-refractivity contribution in [3.05, 3.63) is 59.1 Å². The van der Waals surface area contributed by atoms with E-state index >= 15 is 0 Å². The number of amides is 1. The number of nitrogens with zero attached hydrogens (tertiary/aromatic N) is 2. The first-order chi connectivity index (χ1) is 13.1. The number of fused-ring (bicyclic) bond motifs is 1. The standard InChI is InChI=1S/C20H21ClN2O4/c1-3-26-16-6-7-17-14(12-16)11-15(19(21)22-17)13-23(8-10-25-2)20(24)18-5-4-9-27-18/h4-7,9,11-12H,3,8,10,13H2,1-2H3. The number of aromatic nitrogens is 1. The molecule has 0 saturated heterocycles. The highest BCUT2D eigenvalue weighted by Gasteiger charge is 2.20. The number of carbonyl (C=O) groups is 1. The number of hydrogen-bond donors (Lipinski definition) is 0. The molecule has 0 fully saturated rings. The van der Waals surface area contributed by atoms with Gasteiger partial charge in [0, 0.05) is 31.1 Å². The lowest BCUT2D eigenvalue weighted by molar-refractivity contribution is 0.0649. The van der Waals surface area contributed by atoms with Crippen LogP contribution in [0.5, 0.6) is 5.75 Å². The SMILES string of the molecule is CCOc1ccc2nc(Cl)c(CN(CCOC)C(=O)c3ccco3)cc2c1. The lowest BCUT2D eigenvalue weighted by atomic mass is 10.1. The second kappa shape index (κ2) is 8.88. The van der Waals surface area contributed by atoms with E-state index in [1.54, 1.807) is 24.1 Å². The van der Waals surface area contributed by atoms with Gasteiger partial charge < -0.3 is 18.8 Å². The van der Waals surface area contributed by atoms with Gasteiger partial charge in [0.2, 0.25) is 0 Å². The first-order valence-corrected chi connectivity index (χ1v) is 9.04. The Balaban J connectivity index is 1.90. The van der Waals surface area contributed by atoms with E-state index in [4.69, 9.17) is 25.5 Å². The van der Waals surface area contributed by atoms with Gasteiger partial charge in [-0.2, -0.15) is 0 Å². The summed E-state index contributed by atoms with van der Waals surface area (Å²) in [4.78, 5) is 18.8. The summed E-state index contributed by atoms with van der Waals surface area (Å²) in [5.74, 6) is 0.814. The number of pyridine rings is 1. The van der Waals surface area contributed by atoms with Gasteiger partial charge in [-0.25, -0.2) is 4.98 Å². The molecule has 2 heterocycles. The molecule has 1 aromatic carbocycles. The highest BCUT2D eigenvalue weighted by Crippen LogP contribution is 2.26. The van der Waals surface area contributed by atoms with Gasteiger partial charge in [-0.05, 0) is 43.3 Å². The van der Waals surface area contributed by atoms with Crippen molar-refractivity contribution in [1.29, 1.82) is 0 Å². The molecule has 0 N–H and O–H groups in total. The smallest absolute Gasteiger partial charge is 0.289 e. The van der Waals surface area contributed by atoms with Crippen LogP contribution in [0.2, 0.25) is 5.15 Å². The molecule has 0 aliphatic rings. The molecule has 0 bridgehead atoms. The van der Waals surface area contributed by atoms with Crippen LogP contribution in [0.15, 0.2) is 47.1 Å². The second-order valence-electron chi connectivity index (χ2n) is 5.92. The first kappa shape index (κ1) is 19.2. The molecule has 3 aromatic rings. The molecule has 142 valence electrons. The summed E-state index contributed by atoms with van der Waals surface area (Å²) in [5, 5.41) is 1.26. The predicted molar refractivity (Wildman–Crippen MR) is 103 cm³/mol. The molecule has 3 rings (SSSR count). The molecule has 1 amide bonds. The molecule has 0 unspecified atom stereocenters. The number of hydrogen-bond acceptors (Lipinski definition) is 5. The topological polar surface area (TPSA) is 64.8 Å². The average Bonchev–Trinajstić information content (AvgIpc) is 3.20. The largest absolute Gasteiger partial charge is 0.494 e. The second-order valence-corrected chi connectivity index (χ2v) is 6.28. The molecule has 7 heteroatoms. The maximum Gasteiger partial charge on any atom is 0.289 e. The van der Waals surface area contributed by atoms with Gasteiger partial charge in [0.1, 0.15) is 10.9 Å². The van der Waals surface area contributed by atoms with E-state index in [9.17, 15) is 4.79 Å². The fraction of sp³-hybridized carbons (Fsp3) is 0.300. The number of furan rings is 1. The predicted octanol–water partition coefficient (Wildman–Crippen LogP) is 4.17. The third-order valence-electron chi connectivity index (χ3n) is 4.07. The van der Waals surface area contributed by atoms with Crippen LogP contribution in [0.3, 0.4) is 0 Å². The fourth-order valence-corrected chi connectivity index (χ4v) is 2.96. The van der Waals surface area contributed by atoms with E-state index in [-0.39, 0.29) is 11.7 Å². The Morgan fingerprint density at radius 3 is 2.85 bits per heavy atom. The van der Waals surface area contributed by atoms with Crippen molar-refractivity contribution in [2.75, 3.05) is 26.9 Å². The maximum absolute atomic E-state index is 12.7. The van der Waals surface area contributed by atoms with Crippen LogP contribution in [0.1, 0.15) is 23.0 Å². The van der Waals surface area contributed by atoms with Crippen molar-refractivity contribution in [1.82, 2.24) is 9.88 Å². The molecule has 0 spiro atoms. The summed E-state index contributed by atoms with van der Waals surface area (Å²) in [5.41, 5.74) is 1.52. The Morgan fingerprint density at radius 2 is 2.15 bits per heavy atom. The molecule has 2 aromatic heterocycles. The average molecular weight is 389 g/mol. The van der Waals surface area contributed by atoms with Gasteiger partial charge in [0.05, 0.1) is 25.0 Å². The highest BCUT2D eigenvalue weighted by atomic mass is 35.5. The summed E-state index contributed by atoms with van der Waals surface area (Å²) in [6.45, 7) is 3.62. The molecule has 6 nitrogen and oxygen atoms in total. The van der Waals surface area contributed by atoms with Gasteiger partial charge in [0.25, 0.3) is 5.91 Å². The Hall–Kier alpha value is -2.57. The number of carbonyl (C=O) groups excluding carboxylic acids is 1. The molecular formula is C20H21ClN2O4. The Morgan fingerprint density at radius 1 is 1.30 bits per heavy atom. The summed E-state index contributed by atoms with van der Waals surface area (Å²) in [6.07, 6.45) is 1.47. The number of rotatable bonds is 8. The van der Waals surface area contributed by atoms with E-state index in [0.717, 1.165) is 22.2 Å². The first-order valence-electron chi connectivity index (χ1n) is 8.66. The van der Waals surface area contributed by atoms with E-state index < -0.39 is 0 Å². The van der Waals surface area contributed by atoms with Crippen molar-refractivity contribution < 1.29 is 18.7 Å². The molecule has 0 radical (unpaired) electrons. The third-order valence-corrected chi connectivity index (χ3v) is 4.40. The zero-order valence-electron chi connectivity index (χ0n) is 15.3. The number of halogens is 1. The molecular weight excluding hydrogens is 368 g/mol. The molecule has 0 aliphatic carbocycles. The third kappa shape index (κ3) is 4.59. The Labute approximate surface area is 162 Å². The Kier molecular flexibility index (Phi) is 6.32. The summed E-state index contributed by atoms with van der Waals surface area (Å²) in [7, 11) is 1.59. The van der Waals surface area contributed by atoms with Crippen LogP contribution in [-0.4, -0.2) is 42.7 Å². The van der Waals surface area contributed by atoms with Crippen molar-refractivity contribution in [3.8, 4) is 5.75 Å². The van der Waals surface area contributed by atoms with Crippen molar-refractivity contribution in [2.45, 2.75) is 13.5 Å². The number of methoxy groups -OCH3 is 1. The van der Waals surface area contributed by atoms with E-state index in [0.29, 0.717) is 31.5 Å². The lowest BCUT2D eigenvalue weighted by Crippen LogP contribution is -2.33. The number of benzene rings is 1.